The summed E-state index contributed by atoms with van der Waals surface area (Å²) in [6.07, 6.45) is -3.93. The molecule has 0 bridgehead atoms. The predicted molar refractivity (Wildman–Crippen MR) is 119 cm³/mol. The van der Waals surface area contributed by atoms with E-state index in [9.17, 15) is 35.7 Å². The standard InChI is InChI=1S/C23H42O11/c1-2-3-4-5-6-7-8-9-10-11-31-22-20(30)18(28)21(15(13-25)33-22)34-23-19(29)17(27)16(26)14(12-24)32-23/h2,14-30H,1,3-13H2/t14-,15-,16?,17+,18-,19?,20?,21?,22-,23?/m1/s1. The molecule has 11 nitrogen and oxygen atoms in total. The molecule has 0 radical (unpaired) electrons. The molecule has 5 unspecified atom stereocenters. The van der Waals surface area contributed by atoms with Crippen molar-refractivity contribution >= 4 is 0 Å². The second-order valence-electron chi connectivity index (χ2n) is 8.93. The third kappa shape index (κ3) is 8.17. The molecule has 0 aromatic rings. The van der Waals surface area contributed by atoms with E-state index < -0.39 is 74.6 Å². The van der Waals surface area contributed by atoms with Gasteiger partial charge in [-0.15, -0.1) is 6.58 Å². The minimum Gasteiger partial charge on any atom is -0.394 e. The summed E-state index contributed by atoms with van der Waals surface area (Å²) >= 11 is 0. The van der Waals surface area contributed by atoms with Crippen molar-refractivity contribution in [2.24, 2.45) is 0 Å². The fourth-order valence-corrected chi connectivity index (χ4v) is 4.17. The van der Waals surface area contributed by atoms with Crippen LogP contribution >= 0.6 is 0 Å². The number of rotatable bonds is 15. The summed E-state index contributed by atoms with van der Waals surface area (Å²) in [7, 11) is 0. The lowest BCUT2D eigenvalue weighted by Crippen LogP contribution is -2.64. The Bertz CT molecular complexity index is 561. The van der Waals surface area contributed by atoms with Crippen LogP contribution in [0.2, 0.25) is 0 Å². The normalized spacial score (nSPS) is 38.7. The van der Waals surface area contributed by atoms with Crippen molar-refractivity contribution in [1.29, 1.82) is 0 Å². The van der Waals surface area contributed by atoms with Crippen molar-refractivity contribution in [2.75, 3.05) is 19.8 Å². The number of allylic oxidation sites excluding steroid dienone is 1. The summed E-state index contributed by atoms with van der Waals surface area (Å²) in [5, 5.41) is 70.0. The summed E-state index contributed by atoms with van der Waals surface area (Å²) in [6, 6.07) is 0. The van der Waals surface area contributed by atoms with Crippen LogP contribution in [0.15, 0.2) is 12.7 Å². The highest BCUT2D eigenvalue weighted by atomic mass is 16.7. The first kappa shape index (κ1) is 29.5. The lowest BCUT2D eigenvalue weighted by molar-refractivity contribution is -0.359. The third-order valence-electron chi connectivity index (χ3n) is 6.30. The van der Waals surface area contributed by atoms with Crippen molar-refractivity contribution in [3.8, 4) is 0 Å². The predicted octanol–water partition coefficient (Wildman–Crippen LogP) is -1.07. The Balaban J connectivity index is 1.78. The van der Waals surface area contributed by atoms with Gasteiger partial charge in [0, 0.05) is 6.61 Å². The Hall–Kier alpha value is -0.700. The van der Waals surface area contributed by atoms with Crippen LogP contribution in [0.25, 0.3) is 0 Å². The molecule has 10 atom stereocenters. The Morgan fingerprint density at radius 1 is 0.647 bits per heavy atom. The van der Waals surface area contributed by atoms with Gasteiger partial charge in [0.05, 0.1) is 13.2 Å². The van der Waals surface area contributed by atoms with E-state index in [1.54, 1.807) is 0 Å². The molecule has 0 spiro atoms. The molecule has 0 aliphatic carbocycles. The molecule has 0 saturated carbocycles. The largest absolute Gasteiger partial charge is 0.394 e. The second-order valence-corrected chi connectivity index (χ2v) is 8.93. The summed E-state index contributed by atoms with van der Waals surface area (Å²) in [4.78, 5) is 0. The van der Waals surface area contributed by atoms with Crippen LogP contribution in [0.1, 0.15) is 51.4 Å². The summed E-state index contributed by atoms with van der Waals surface area (Å²) in [5.74, 6) is 0. The van der Waals surface area contributed by atoms with Crippen LogP contribution in [-0.4, -0.2) is 117 Å². The van der Waals surface area contributed by atoms with E-state index in [1.807, 2.05) is 6.08 Å². The minimum absolute atomic E-state index is 0.307. The van der Waals surface area contributed by atoms with Crippen LogP contribution in [0.3, 0.4) is 0 Å². The van der Waals surface area contributed by atoms with Gasteiger partial charge < -0.3 is 54.7 Å². The van der Waals surface area contributed by atoms with Gasteiger partial charge in [-0.05, 0) is 19.3 Å². The Kier molecular flexibility index (Phi) is 13.4. The number of hydrogen-bond donors (Lipinski definition) is 7. The van der Waals surface area contributed by atoms with Crippen molar-refractivity contribution in [3.05, 3.63) is 12.7 Å². The summed E-state index contributed by atoms with van der Waals surface area (Å²) < 4.78 is 22.0. The quantitative estimate of drug-likeness (QED) is 0.109. The molecule has 0 aromatic heterocycles. The molecule has 2 rings (SSSR count). The van der Waals surface area contributed by atoms with Gasteiger partial charge in [0.25, 0.3) is 0 Å². The molecule has 2 saturated heterocycles. The van der Waals surface area contributed by atoms with Gasteiger partial charge in [0.1, 0.15) is 48.8 Å². The van der Waals surface area contributed by atoms with Gasteiger partial charge in [0.2, 0.25) is 0 Å². The average Bonchev–Trinajstić information content (AvgIpc) is 2.84. The molecule has 2 fully saturated rings. The summed E-state index contributed by atoms with van der Waals surface area (Å²) in [5.41, 5.74) is 0. The highest BCUT2D eigenvalue weighted by molar-refractivity contribution is 4.94. The molecule has 34 heavy (non-hydrogen) atoms. The van der Waals surface area contributed by atoms with Crippen molar-refractivity contribution in [1.82, 2.24) is 0 Å². The number of aliphatic hydroxyl groups is 7. The van der Waals surface area contributed by atoms with Gasteiger partial charge in [0.15, 0.2) is 12.6 Å². The maximum absolute atomic E-state index is 10.6. The first-order chi connectivity index (χ1) is 16.3. The van der Waals surface area contributed by atoms with Gasteiger partial charge in [-0.3, -0.25) is 0 Å². The molecule has 2 aliphatic rings. The minimum atomic E-state index is -1.70. The molecule has 2 heterocycles. The molecule has 7 N–H and O–H groups in total. The smallest absolute Gasteiger partial charge is 0.187 e. The topological polar surface area (TPSA) is 179 Å². The molecular formula is C23H42O11. The number of hydrogen-bond acceptors (Lipinski definition) is 11. The zero-order valence-electron chi connectivity index (χ0n) is 19.6. The van der Waals surface area contributed by atoms with Crippen molar-refractivity contribution < 1.29 is 54.7 Å². The SMILES string of the molecule is C=CCCCCCCCCCO[C@@H]1O[C@H](CO)C(OC2O[C@H](CO)C(O)[C@H](O)C2O)[C@H](O)C1O. The number of aliphatic hydroxyl groups excluding tert-OH is 7. The van der Waals surface area contributed by atoms with Gasteiger partial charge in [-0.2, -0.15) is 0 Å². The first-order valence-electron chi connectivity index (χ1n) is 12.2. The van der Waals surface area contributed by atoms with Crippen LogP contribution in [0.4, 0.5) is 0 Å². The molecule has 200 valence electrons. The van der Waals surface area contributed by atoms with Crippen LogP contribution in [0.5, 0.6) is 0 Å². The molecule has 11 heteroatoms. The van der Waals surface area contributed by atoms with E-state index in [0.29, 0.717) is 6.61 Å². The fourth-order valence-electron chi connectivity index (χ4n) is 4.17. The lowest BCUT2D eigenvalue weighted by Gasteiger charge is -2.45. The van der Waals surface area contributed by atoms with Crippen LogP contribution < -0.4 is 0 Å². The average molecular weight is 495 g/mol. The van der Waals surface area contributed by atoms with E-state index in [4.69, 9.17) is 18.9 Å². The second kappa shape index (κ2) is 15.4. The maximum Gasteiger partial charge on any atom is 0.187 e. The zero-order valence-corrected chi connectivity index (χ0v) is 19.6. The highest BCUT2D eigenvalue weighted by Gasteiger charge is 2.50. The van der Waals surface area contributed by atoms with Gasteiger partial charge in [-0.25, -0.2) is 0 Å². The molecular weight excluding hydrogens is 452 g/mol. The van der Waals surface area contributed by atoms with E-state index >= 15 is 0 Å². The van der Waals surface area contributed by atoms with E-state index in [1.165, 1.54) is 19.3 Å². The summed E-state index contributed by atoms with van der Waals surface area (Å²) in [6.45, 7) is 2.79. The van der Waals surface area contributed by atoms with Gasteiger partial charge in [-0.1, -0.05) is 38.2 Å². The lowest BCUT2D eigenvalue weighted by atomic mass is 9.97. The number of unbranched alkanes of at least 4 members (excludes halogenated alkanes) is 7. The zero-order chi connectivity index (χ0) is 25.1. The van der Waals surface area contributed by atoms with E-state index in [0.717, 1.165) is 32.1 Å². The highest BCUT2D eigenvalue weighted by Crippen LogP contribution is 2.29. The Labute approximate surface area is 200 Å². The van der Waals surface area contributed by atoms with E-state index in [2.05, 4.69) is 6.58 Å². The third-order valence-corrected chi connectivity index (χ3v) is 6.30. The number of ether oxygens (including phenoxy) is 4. The molecule has 0 amide bonds. The fraction of sp³-hybridized carbons (Fsp3) is 0.913. The first-order valence-corrected chi connectivity index (χ1v) is 12.2. The van der Waals surface area contributed by atoms with Gasteiger partial charge >= 0.3 is 0 Å². The van der Waals surface area contributed by atoms with Crippen LogP contribution in [-0.2, 0) is 18.9 Å². The Morgan fingerprint density at radius 3 is 1.82 bits per heavy atom. The van der Waals surface area contributed by atoms with Crippen molar-refractivity contribution in [3.63, 3.8) is 0 Å². The molecule has 2 aliphatic heterocycles. The maximum atomic E-state index is 10.6. The Morgan fingerprint density at radius 2 is 1.21 bits per heavy atom. The monoisotopic (exact) mass is 494 g/mol. The van der Waals surface area contributed by atoms with E-state index in [-0.39, 0.29) is 0 Å². The van der Waals surface area contributed by atoms with Crippen molar-refractivity contribution in [2.45, 2.75) is 113 Å². The van der Waals surface area contributed by atoms with Crippen LogP contribution in [0, 0.1) is 0 Å². The molecule has 0 aromatic carbocycles.